The minimum atomic E-state index is -0.872. The van der Waals surface area contributed by atoms with Gasteiger partial charge >= 0.3 is 47.8 Å². The molecule has 2 N–H and O–H groups in total. The lowest BCUT2D eigenvalue weighted by atomic mass is 10.1. The molecule has 0 aliphatic heterocycles. The number of fused-ring (bicyclic) bond motifs is 3. The van der Waals surface area contributed by atoms with E-state index in [1.807, 2.05) is 19.0 Å². The molecule has 9 aromatic rings. The zero-order valence-corrected chi connectivity index (χ0v) is 52.3. The predicted molar refractivity (Wildman–Crippen MR) is 331 cm³/mol. The predicted octanol–water partition coefficient (Wildman–Crippen LogP) is 12.5. The lowest BCUT2D eigenvalue weighted by molar-refractivity contribution is -0.156. The summed E-state index contributed by atoms with van der Waals surface area (Å²) in [6.45, 7) is 5.69. The molecule has 0 atom stereocenters. The molecule has 9 rings (SSSR count). The molecule has 30 heteroatoms. The van der Waals surface area contributed by atoms with Crippen LogP contribution >= 0.6 is 0 Å². The summed E-state index contributed by atoms with van der Waals surface area (Å²) in [7, 11) is 7.12. The molecular formula is C67H60F6N4O20. The van der Waals surface area contributed by atoms with Crippen molar-refractivity contribution in [1.82, 2.24) is 19.9 Å². The molecule has 0 radical (unpaired) electrons. The van der Waals surface area contributed by atoms with Crippen LogP contribution in [0, 0.1) is 34.9 Å². The summed E-state index contributed by atoms with van der Waals surface area (Å²) in [5.41, 5.74) is -0.0188. The Morgan fingerprint density at radius 1 is 0.392 bits per heavy atom. The monoisotopic (exact) mass is 1350 g/mol. The molecule has 0 saturated carbocycles. The number of halogens is 6. The maximum atomic E-state index is 13.5. The molecule has 3 aromatic heterocycles. The molecule has 0 fully saturated rings. The number of aromatic nitrogens is 3. The van der Waals surface area contributed by atoms with E-state index in [0.717, 1.165) is 63.6 Å². The average Bonchev–Trinajstić information content (AvgIpc) is 0.788. The Balaban J connectivity index is 0.000000249. The number of carbonyl (C=O) groups is 8. The zero-order valence-electron chi connectivity index (χ0n) is 52.3. The summed E-state index contributed by atoms with van der Waals surface area (Å²) in [4.78, 5) is 104. The van der Waals surface area contributed by atoms with Gasteiger partial charge in [-0.1, -0.05) is 7.43 Å². The number of hydrogen-bond donors (Lipinski definition) is 2. The van der Waals surface area contributed by atoms with E-state index in [0.29, 0.717) is 51.7 Å². The molecule has 3 heterocycles. The molecule has 0 saturated heterocycles. The molecule has 24 nitrogen and oxygen atoms in total. The van der Waals surface area contributed by atoms with E-state index in [1.54, 1.807) is 12.1 Å². The Bertz CT molecular complexity index is 4420. The van der Waals surface area contributed by atoms with E-state index in [4.69, 9.17) is 33.2 Å². The fraction of sp³-hybridized carbons (Fsp3) is 0.209. The third kappa shape index (κ3) is 21.3. The van der Waals surface area contributed by atoms with Crippen LogP contribution in [0.2, 0.25) is 0 Å². The Morgan fingerprint density at radius 2 is 0.701 bits per heavy atom. The zero-order chi connectivity index (χ0) is 70.8. The van der Waals surface area contributed by atoms with Gasteiger partial charge in [0, 0.05) is 128 Å². The Hall–Kier alpha value is -12.0. The van der Waals surface area contributed by atoms with Crippen molar-refractivity contribution >= 4 is 80.1 Å². The fourth-order valence-corrected chi connectivity index (χ4v) is 8.53. The second kappa shape index (κ2) is 34.3. The van der Waals surface area contributed by atoms with Crippen molar-refractivity contribution in [3.63, 3.8) is 0 Å². The quantitative estimate of drug-likeness (QED) is 0.0393. The van der Waals surface area contributed by atoms with E-state index in [1.165, 1.54) is 77.3 Å². The van der Waals surface area contributed by atoms with E-state index in [2.05, 4.69) is 29.2 Å². The first kappa shape index (κ1) is 75.8. The average molecular weight is 1360 g/mol. The number of hydrogen-bond acceptors (Lipinski definition) is 24. The standard InChI is InChI=1S/C22H17F2NO7.C20H18F2N2O4.C20H15F2NO6.C4H6O3.CH4/c1-11(26)30-10-19-18-9-15(32-16-7-13(23)6-14(24)8-16)4-5-17(18)21(31-12(2)27)20(25-19)22(28)29-3;1-24(2)10-17-16-9-13(28-14-7-11(21)6-12(22)8-14)4-5-15(16)19(25)18(23-17)20(26)27-3;1-10(24)28-9-17-16-8-13(29-14-6-11(21)5-12(22)7-14)3-4-15(16)19(25)18(23-17)20(26)27-2;1-3(5)7-4(2)6;/h4-9H,10H2,1-3H3;4-9,25H,10H2,1-3H3;3-8,25H,9H2,1-2H3;1-2H3;1H4. The van der Waals surface area contributed by atoms with Crippen LogP contribution in [-0.4, -0.2) is 113 Å². The number of esters is 8. The summed E-state index contributed by atoms with van der Waals surface area (Å²) in [5.74, 6) is -10.7. The van der Waals surface area contributed by atoms with Crippen molar-refractivity contribution in [2.75, 3.05) is 35.4 Å². The number of methoxy groups -OCH3 is 3. The molecule has 510 valence electrons. The number of rotatable bonds is 16. The van der Waals surface area contributed by atoms with E-state index >= 15 is 0 Å². The van der Waals surface area contributed by atoms with Crippen LogP contribution in [0.5, 0.6) is 51.7 Å². The molecule has 0 amide bonds. The smallest absolute Gasteiger partial charge is 0.360 e. The summed E-state index contributed by atoms with van der Waals surface area (Å²) in [6.07, 6.45) is 0. The highest BCUT2D eigenvalue weighted by molar-refractivity contribution is 6.03. The lowest BCUT2D eigenvalue weighted by Gasteiger charge is -2.15. The van der Waals surface area contributed by atoms with E-state index < -0.39 is 88.4 Å². The third-order valence-electron chi connectivity index (χ3n) is 12.2. The number of aromatic hydroxyl groups is 2. The number of carbonyl (C=O) groups excluding carboxylic acids is 8. The normalized spacial score (nSPS) is 10.4. The molecule has 0 aliphatic carbocycles. The van der Waals surface area contributed by atoms with Gasteiger partial charge < -0.3 is 62.5 Å². The highest BCUT2D eigenvalue weighted by Crippen LogP contribution is 2.39. The van der Waals surface area contributed by atoms with Crippen molar-refractivity contribution in [1.29, 1.82) is 0 Å². The van der Waals surface area contributed by atoms with Crippen molar-refractivity contribution in [2.24, 2.45) is 0 Å². The molecule has 0 spiro atoms. The highest BCUT2D eigenvalue weighted by atomic mass is 19.2. The molecule has 97 heavy (non-hydrogen) atoms. The molecule has 0 bridgehead atoms. The fourth-order valence-electron chi connectivity index (χ4n) is 8.53. The number of nitrogens with zero attached hydrogens (tertiary/aromatic N) is 4. The van der Waals surface area contributed by atoms with Gasteiger partial charge in [-0.2, -0.15) is 0 Å². The third-order valence-corrected chi connectivity index (χ3v) is 12.2. The number of benzene rings is 6. The minimum absolute atomic E-state index is 0. The Kier molecular flexibility index (Phi) is 26.8. The largest absolute Gasteiger partial charge is 0.505 e. The van der Waals surface area contributed by atoms with Gasteiger partial charge in [-0.15, -0.1) is 0 Å². The van der Waals surface area contributed by atoms with Crippen molar-refractivity contribution in [3.05, 3.63) is 178 Å². The first-order chi connectivity index (χ1) is 45.4. The van der Waals surface area contributed by atoms with E-state index in [-0.39, 0.29) is 100 Å². The second-order valence-electron chi connectivity index (χ2n) is 19.9. The van der Waals surface area contributed by atoms with Gasteiger partial charge in [0.1, 0.15) is 82.6 Å². The minimum Gasteiger partial charge on any atom is -0.505 e. The molecule has 6 aromatic carbocycles. The molecule has 0 aliphatic rings. The van der Waals surface area contributed by atoms with Crippen LogP contribution in [0.4, 0.5) is 26.3 Å². The van der Waals surface area contributed by atoms with Gasteiger partial charge in [-0.05, 0) is 68.7 Å². The highest BCUT2D eigenvalue weighted by Gasteiger charge is 2.26. The van der Waals surface area contributed by atoms with Crippen molar-refractivity contribution < 1.29 is 122 Å². The SMILES string of the molecule is C.CC(=O)OC(C)=O.COC(=O)c1nc(CN(C)C)c2cc(Oc3cc(F)cc(F)c3)ccc2c1O.COC(=O)c1nc(COC(C)=O)c2cc(Oc3cc(F)cc(F)c3)ccc2c1O.COC(=O)c1nc(COC(C)=O)c2cc(Oc3cc(F)cc(F)c3)ccc2c1OC(C)=O. The summed E-state index contributed by atoms with van der Waals surface area (Å²) < 4.78 is 130. The maximum absolute atomic E-state index is 13.5. The Morgan fingerprint density at radius 3 is 1.01 bits per heavy atom. The summed E-state index contributed by atoms with van der Waals surface area (Å²) in [6, 6.07) is 21.6. The van der Waals surface area contributed by atoms with Gasteiger partial charge in [-0.3, -0.25) is 24.0 Å². The van der Waals surface area contributed by atoms with Gasteiger partial charge in [-0.25, -0.2) is 55.7 Å². The Labute approximate surface area is 547 Å². The van der Waals surface area contributed by atoms with Crippen LogP contribution in [0.25, 0.3) is 32.3 Å². The lowest BCUT2D eigenvalue weighted by Crippen LogP contribution is -2.15. The van der Waals surface area contributed by atoms with Crippen molar-refractivity contribution in [2.45, 2.75) is 61.8 Å². The van der Waals surface area contributed by atoms with Crippen LogP contribution in [0.15, 0.2) is 109 Å². The van der Waals surface area contributed by atoms with Crippen LogP contribution in [0.3, 0.4) is 0 Å². The second-order valence-corrected chi connectivity index (χ2v) is 19.9. The van der Waals surface area contributed by atoms with Gasteiger partial charge in [0.05, 0.1) is 38.4 Å². The van der Waals surface area contributed by atoms with Crippen LogP contribution in [0.1, 0.15) is 90.6 Å². The first-order valence-corrected chi connectivity index (χ1v) is 27.6. The van der Waals surface area contributed by atoms with E-state index in [9.17, 15) is 74.9 Å². The number of pyridine rings is 3. The maximum Gasteiger partial charge on any atom is 0.360 e. The summed E-state index contributed by atoms with van der Waals surface area (Å²) in [5, 5.41) is 22.9. The topological polar surface area (TPSA) is 311 Å². The van der Waals surface area contributed by atoms with Crippen LogP contribution < -0.4 is 18.9 Å². The molecule has 0 unspecified atom stereocenters. The van der Waals surface area contributed by atoms with Crippen molar-refractivity contribution in [3.8, 4) is 51.7 Å². The van der Waals surface area contributed by atoms with Gasteiger partial charge in [0.15, 0.2) is 34.3 Å². The summed E-state index contributed by atoms with van der Waals surface area (Å²) >= 11 is 0. The first-order valence-electron chi connectivity index (χ1n) is 27.6. The van der Waals surface area contributed by atoms with Gasteiger partial charge in [0.2, 0.25) is 0 Å². The molecular weight excluding hydrogens is 1290 g/mol. The number of ether oxygens (including phenoxy) is 10. The van der Waals surface area contributed by atoms with Crippen LogP contribution in [-0.2, 0) is 72.2 Å². The van der Waals surface area contributed by atoms with Gasteiger partial charge in [0.25, 0.3) is 0 Å².